The van der Waals surface area contributed by atoms with E-state index in [-0.39, 0.29) is 12.2 Å². The third-order valence-electron chi connectivity index (χ3n) is 2.40. The molecule has 0 fully saturated rings. The van der Waals surface area contributed by atoms with Crippen molar-refractivity contribution < 1.29 is 14.7 Å². The Morgan fingerprint density at radius 2 is 2.06 bits per heavy atom. The van der Waals surface area contributed by atoms with Crippen LogP contribution in [0.25, 0.3) is 0 Å². The second-order valence-electron chi connectivity index (χ2n) is 4.22. The van der Waals surface area contributed by atoms with Crippen LogP contribution in [0.5, 0.6) is 0 Å². The molecule has 1 aromatic rings. The van der Waals surface area contributed by atoms with Gasteiger partial charge in [-0.25, -0.2) is 0 Å². The van der Waals surface area contributed by atoms with Crippen molar-refractivity contribution in [1.82, 2.24) is 0 Å². The van der Waals surface area contributed by atoms with Gasteiger partial charge in [-0.15, -0.1) is 11.3 Å². The number of ketones is 1. The van der Waals surface area contributed by atoms with E-state index < -0.39 is 11.4 Å². The Morgan fingerprint density at radius 3 is 2.50 bits per heavy atom. The van der Waals surface area contributed by atoms with Gasteiger partial charge in [0.05, 0.1) is 14.1 Å². The van der Waals surface area contributed by atoms with E-state index in [0.717, 1.165) is 3.79 Å². The Bertz CT molecular complexity index is 409. The van der Waals surface area contributed by atoms with Crippen molar-refractivity contribution >= 4 is 39.0 Å². The van der Waals surface area contributed by atoms with Gasteiger partial charge in [-0.2, -0.15) is 0 Å². The highest BCUT2D eigenvalue weighted by atomic mass is 79.9. The second kappa shape index (κ2) is 5.10. The third-order valence-corrected chi connectivity index (χ3v) is 4.07. The Labute approximate surface area is 107 Å². The van der Waals surface area contributed by atoms with Gasteiger partial charge in [0, 0.05) is 6.42 Å². The molecule has 0 atom stereocenters. The normalized spacial score (nSPS) is 11.4. The maximum Gasteiger partial charge on any atom is 0.309 e. The minimum atomic E-state index is -0.868. The molecule has 0 aromatic carbocycles. The fourth-order valence-corrected chi connectivity index (χ4v) is 2.47. The first kappa shape index (κ1) is 13.4. The van der Waals surface area contributed by atoms with Crippen LogP contribution in [0.3, 0.4) is 0 Å². The number of carboxylic acids is 1. The minimum Gasteiger partial charge on any atom is -0.481 e. The van der Waals surface area contributed by atoms with Crippen LogP contribution in [0.15, 0.2) is 15.9 Å². The highest BCUT2D eigenvalue weighted by Crippen LogP contribution is 2.27. The summed E-state index contributed by atoms with van der Waals surface area (Å²) in [7, 11) is 0. The van der Waals surface area contributed by atoms with Gasteiger partial charge in [0.25, 0.3) is 0 Å². The topological polar surface area (TPSA) is 54.4 Å². The Balaban J connectivity index is 2.57. The second-order valence-corrected chi connectivity index (χ2v) is 6.68. The number of Topliss-reactive ketones (excluding diaryl/α,β-unsaturated/α-hetero) is 1. The molecule has 5 heteroatoms. The molecule has 88 valence electrons. The summed E-state index contributed by atoms with van der Waals surface area (Å²) in [4.78, 5) is 23.3. The lowest BCUT2D eigenvalue weighted by Gasteiger charge is -2.17. The van der Waals surface area contributed by atoms with Crippen LogP contribution in [-0.4, -0.2) is 16.9 Å². The summed E-state index contributed by atoms with van der Waals surface area (Å²) in [6.07, 6.45) is 0.628. The molecule has 0 radical (unpaired) electrons. The SMILES string of the molecule is CC(C)(CCC(=O)c1ccc(Br)s1)C(=O)O. The first-order chi connectivity index (χ1) is 7.33. The average molecular weight is 305 g/mol. The predicted octanol–water partition coefficient (Wildman–Crippen LogP) is 3.58. The summed E-state index contributed by atoms with van der Waals surface area (Å²) in [5.74, 6) is -0.863. The summed E-state index contributed by atoms with van der Waals surface area (Å²) >= 11 is 4.66. The van der Waals surface area contributed by atoms with Crippen LogP contribution in [0.1, 0.15) is 36.4 Å². The smallest absolute Gasteiger partial charge is 0.309 e. The van der Waals surface area contributed by atoms with Gasteiger partial charge < -0.3 is 5.11 Å². The van der Waals surface area contributed by atoms with E-state index >= 15 is 0 Å². The van der Waals surface area contributed by atoms with E-state index in [4.69, 9.17) is 5.11 Å². The lowest BCUT2D eigenvalue weighted by Crippen LogP contribution is -2.24. The van der Waals surface area contributed by atoms with E-state index in [2.05, 4.69) is 15.9 Å². The van der Waals surface area contributed by atoms with Gasteiger partial charge >= 0.3 is 5.97 Å². The fraction of sp³-hybridized carbons (Fsp3) is 0.455. The van der Waals surface area contributed by atoms with E-state index in [0.29, 0.717) is 11.3 Å². The van der Waals surface area contributed by atoms with Crippen LogP contribution in [0, 0.1) is 5.41 Å². The standard InChI is InChI=1S/C11H13BrO3S/c1-11(2,10(14)15)6-5-7(13)8-3-4-9(12)16-8/h3-4H,5-6H2,1-2H3,(H,14,15). The van der Waals surface area contributed by atoms with E-state index in [1.165, 1.54) is 11.3 Å². The predicted molar refractivity (Wildman–Crippen MR) is 67.0 cm³/mol. The largest absolute Gasteiger partial charge is 0.481 e. The van der Waals surface area contributed by atoms with Gasteiger partial charge in [0.1, 0.15) is 0 Å². The van der Waals surface area contributed by atoms with E-state index in [1.807, 2.05) is 6.07 Å². The molecule has 0 saturated heterocycles. The summed E-state index contributed by atoms with van der Waals surface area (Å²) in [6.45, 7) is 3.26. The number of hydrogen-bond donors (Lipinski definition) is 1. The molecule has 0 saturated carbocycles. The molecule has 0 unspecified atom stereocenters. The van der Waals surface area contributed by atoms with Crippen molar-refractivity contribution in [2.45, 2.75) is 26.7 Å². The lowest BCUT2D eigenvalue weighted by molar-refractivity contribution is -0.147. The molecule has 0 aliphatic heterocycles. The zero-order valence-corrected chi connectivity index (χ0v) is 11.5. The van der Waals surface area contributed by atoms with Crippen molar-refractivity contribution in [3.8, 4) is 0 Å². The highest BCUT2D eigenvalue weighted by molar-refractivity contribution is 9.11. The zero-order chi connectivity index (χ0) is 12.3. The highest BCUT2D eigenvalue weighted by Gasteiger charge is 2.27. The molecule has 1 N–H and O–H groups in total. The number of hydrogen-bond acceptors (Lipinski definition) is 3. The molecular weight excluding hydrogens is 292 g/mol. The maximum absolute atomic E-state index is 11.7. The Hall–Kier alpha value is -0.680. The van der Waals surface area contributed by atoms with Gasteiger partial charge in [-0.05, 0) is 48.3 Å². The summed E-state index contributed by atoms with van der Waals surface area (Å²) in [5, 5.41) is 8.91. The Morgan fingerprint density at radius 1 is 1.44 bits per heavy atom. The van der Waals surface area contributed by atoms with Gasteiger partial charge in [-0.1, -0.05) is 0 Å². The van der Waals surface area contributed by atoms with Crippen molar-refractivity contribution in [2.24, 2.45) is 5.41 Å². The number of halogens is 1. The first-order valence-electron chi connectivity index (χ1n) is 4.85. The molecule has 0 amide bonds. The van der Waals surface area contributed by atoms with Crippen LogP contribution >= 0.6 is 27.3 Å². The van der Waals surface area contributed by atoms with E-state index in [1.54, 1.807) is 19.9 Å². The number of aliphatic carboxylic acids is 1. The molecular formula is C11H13BrO3S. The summed E-state index contributed by atoms with van der Waals surface area (Å²) in [5.41, 5.74) is -0.843. The summed E-state index contributed by atoms with van der Waals surface area (Å²) in [6, 6.07) is 3.57. The van der Waals surface area contributed by atoms with Crippen molar-refractivity contribution in [3.05, 3.63) is 20.8 Å². The van der Waals surface area contributed by atoms with Crippen LogP contribution in [0.4, 0.5) is 0 Å². The van der Waals surface area contributed by atoms with Crippen LogP contribution in [0.2, 0.25) is 0 Å². The number of carbonyl (C=O) groups is 2. The fourth-order valence-electron chi connectivity index (χ4n) is 1.12. The Kier molecular flexibility index (Phi) is 4.27. The van der Waals surface area contributed by atoms with Crippen molar-refractivity contribution in [2.75, 3.05) is 0 Å². The van der Waals surface area contributed by atoms with Gasteiger partial charge in [-0.3, -0.25) is 9.59 Å². The van der Waals surface area contributed by atoms with Crippen LogP contribution in [-0.2, 0) is 4.79 Å². The molecule has 0 aliphatic rings. The van der Waals surface area contributed by atoms with Gasteiger partial charge in [0.2, 0.25) is 0 Å². The van der Waals surface area contributed by atoms with Crippen LogP contribution < -0.4 is 0 Å². The minimum absolute atomic E-state index is 0.00465. The molecule has 1 aromatic heterocycles. The molecule has 0 bridgehead atoms. The van der Waals surface area contributed by atoms with E-state index in [9.17, 15) is 9.59 Å². The molecule has 1 heterocycles. The van der Waals surface area contributed by atoms with Gasteiger partial charge in [0.15, 0.2) is 5.78 Å². The molecule has 3 nitrogen and oxygen atoms in total. The van der Waals surface area contributed by atoms with Crippen molar-refractivity contribution in [3.63, 3.8) is 0 Å². The number of carboxylic acid groups (broad SMARTS) is 1. The number of thiophene rings is 1. The average Bonchev–Trinajstić information content (AvgIpc) is 2.61. The number of rotatable bonds is 5. The van der Waals surface area contributed by atoms with Crippen molar-refractivity contribution in [1.29, 1.82) is 0 Å². The quantitative estimate of drug-likeness (QED) is 0.846. The monoisotopic (exact) mass is 304 g/mol. The first-order valence-corrected chi connectivity index (χ1v) is 6.46. The lowest BCUT2D eigenvalue weighted by atomic mass is 9.87. The maximum atomic E-state index is 11.7. The molecule has 16 heavy (non-hydrogen) atoms. The number of carbonyl (C=O) groups excluding carboxylic acids is 1. The zero-order valence-electron chi connectivity index (χ0n) is 9.12. The molecule has 1 rings (SSSR count). The molecule has 0 spiro atoms. The third kappa shape index (κ3) is 3.42. The summed E-state index contributed by atoms with van der Waals surface area (Å²) < 4.78 is 0.911. The molecule has 0 aliphatic carbocycles.